The summed E-state index contributed by atoms with van der Waals surface area (Å²) in [4.78, 5) is 15.5. The molecule has 2 aliphatic rings. The molecule has 1 saturated carbocycles. The smallest absolute Gasteiger partial charge is 0.316 e. The number of sulfonamides is 1. The van der Waals surface area contributed by atoms with Gasteiger partial charge in [0, 0.05) is 32.7 Å². The molecular formula is C23H33N5O4S. The first-order valence-corrected chi connectivity index (χ1v) is 13.1. The highest BCUT2D eigenvalue weighted by Gasteiger charge is 2.31. The van der Waals surface area contributed by atoms with Crippen LogP contribution in [0.3, 0.4) is 0 Å². The Bertz CT molecular complexity index is 1120. The van der Waals surface area contributed by atoms with Crippen molar-refractivity contribution in [2.24, 2.45) is 5.73 Å². The third kappa shape index (κ3) is 4.92. The third-order valence-corrected chi connectivity index (χ3v) is 8.73. The Balaban J connectivity index is 1.64. The number of benzene rings is 1. The molecule has 0 bridgehead atoms. The van der Waals surface area contributed by atoms with Gasteiger partial charge in [-0.1, -0.05) is 12.1 Å². The summed E-state index contributed by atoms with van der Waals surface area (Å²) < 4.78 is 34.2. The monoisotopic (exact) mass is 475 g/mol. The number of nitrogens with two attached hydrogens (primary N) is 1. The average Bonchev–Trinajstić information content (AvgIpc) is 3.34. The fourth-order valence-corrected chi connectivity index (χ4v) is 5.65. The predicted molar refractivity (Wildman–Crippen MR) is 128 cm³/mol. The van der Waals surface area contributed by atoms with Gasteiger partial charge in [0.1, 0.15) is 5.69 Å². The molecule has 1 aliphatic heterocycles. The highest BCUT2D eigenvalue weighted by molar-refractivity contribution is 7.89. The highest BCUT2D eigenvalue weighted by Crippen LogP contribution is 2.30. The summed E-state index contributed by atoms with van der Waals surface area (Å²) in [5.41, 5.74) is 7.63. The number of hydrogen-bond donors (Lipinski definition) is 1. The summed E-state index contributed by atoms with van der Waals surface area (Å²) in [6.45, 7) is 5.50. The van der Waals surface area contributed by atoms with E-state index >= 15 is 0 Å². The first kappa shape index (κ1) is 23.7. The van der Waals surface area contributed by atoms with Gasteiger partial charge in [-0.2, -0.15) is 14.1 Å². The molecule has 1 aromatic heterocycles. The van der Waals surface area contributed by atoms with Crippen molar-refractivity contribution in [3.05, 3.63) is 46.4 Å². The van der Waals surface area contributed by atoms with E-state index in [4.69, 9.17) is 10.5 Å². The Morgan fingerprint density at radius 2 is 1.73 bits per heavy atom. The second-order valence-corrected chi connectivity index (χ2v) is 11.4. The zero-order chi connectivity index (χ0) is 23.6. The van der Waals surface area contributed by atoms with Gasteiger partial charge in [0.05, 0.1) is 23.2 Å². The van der Waals surface area contributed by atoms with Crippen LogP contribution in [0.15, 0.2) is 35.3 Å². The first-order valence-electron chi connectivity index (χ1n) is 11.6. The summed E-state index contributed by atoms with van der Waals surface area (Å²) >= 11 is 0. The number of nitrogens with zero attached hydrogens (tertiary/aromatic N) is 4. The van der Waals surface area contributed by atoms with Gasteiger partial charge in [-0.05, 0) is 57.2 Å². The van der Waals surface area contributed by atoms with Crippen LogP contribution in [0.4, 0.5) is 5.69 Å². The molecule has 2 fully saturated rings. The van der Waals surface area contributed by atoms with E-state index in [9.17, 15) is 13.2 Å². The fraction of sp³-hybridized carbons (Fsp3) is 0.565. The number of ether oxygens (including phenoxy) is 1. The minimum absolute atomic E-state index is 0.00882. The van der Waals surface area contributed by atoms with E-state index in [1.54, 1.807) is 20.0 Å². The number of aromatic nitrogens is 2. The molecule has 9 nitrogen and oxygen atoms in total. The van der Waals surface area contributed by atoms with Crippen LogP contribution in [0.1, 0.15) is 45.1 Å². The number of anilines is 1. The lowest BCUT2D eigenvalue weighted by molar-refractivity contribution is 0.205. The molecule has 33 heavy (non-hydrogen) atoms. The molecule has 180 valence electrons. The second-order valence-electron chi connectivity index (χ2n) is 8.95. The topological polar surface area (TPSA) is 111 Å². The van der Waals surface area contributed by atoms with E-state index in [1.807, 2.05) is 29.2 Å². The van der Waals surface area contributed by atoms with Crippen molar-refractivity contribution < 1.29 is 13.2 Å². The van der Waals surface area contributed by atoms with Crippen LogP contribution in [-0.4, -0.2) is 60.0 Å². The van der Waals surface area contributed by atoms with Gasteiger partial charge < -0.3 is 15.4 Å². The molecular weight excluding hydrogens is 442 g/mol. The lowest BCUT2D eigenvalue weighted by Crippen LogP contribution is -2.50. The molecule has 4 rings (SSSR count). The number of hydrogen-bond acceptors (Lipinski definition) is 7. The highest BCUT2D eigenvalue weighted by atomic mass is 32.2. The predicted octanol–water partition coefficient (Wildman–Crippen LogP) is 1.87. The minimum Gasteiger partial charge on any atom is -0.483 e. The van der Waals surface area contributed by atoms with Gasteiger partial charge in [0.25, 0.3) is 0 Å². The van der Waals surface area contributed by atoms with Gasteiger partial charge in [0.15, 0.2) is 0 Å². The van der Waals surface area contributed by atoms with Crippen LogP contribution >= 0.6 is 0 Å². The van der Waals surface area contributed by atoms with Gasteiger partial charge in [-0.25, -0.2) is 8.42 Å². The van der Waals surface area contributed by atoms with Crippen LogP contribution in [0.25, 0.3) is 5.69 Å². The quantitative estimate of drug-likeness (QED) is 0.651. The Kier molecular flexibility index (Phi) is 7.06. The zero-order valence-corrected chi connectivity index (χ0v) is 20.1. The maximum Gasteiger partial charge on any atom is 0.316 e. The van der Waals surface area contributed by atoms with E-state index in [0.717, 1.165) is 31.2 Å². The first-order chi connectivity index (χ1) is 15.8. The van der Waals surface area contributed by atoms with Crippen molar-refractivity contribution >= 4 is 15.7 Å². The maximum absolute atomic E-state index is 13.5. The van der Waals surface area contributed by atoms with Crippen molar-refractivity contribution in [3.8, 4) is 11.4 Å². The molecule has 2 N–H and O–H groups in total. The third-order valence-electron chi connectivity index (χ3n) is 6.45. The van der Waals surface area contributed by atoms with Crippen molar-refractivity contribution in [2.75, 3.05) is 31.1 Å². The minimum atomic E-state index is -3.31. The van der Waals surface area contributed by atoms with E-state index in [-0.39, 0.29) is 11.7 Å². The van der Waals surface area contributed by atoms with Crippen molar-refractivity contribution in [1.82, 2.24) is 14.1 Å². The molecule has 1 aromatic carbocycles. The van der Waals surface area contributed by atoms with Gasteiger partial charge in [-0.15, -0.1) is 0 Å². The lowest BCUT2D eigenvalue weighted by Gasteiger charge is -2.36. The summed E-state index contributed by atoms with van der Waals surface area (Å²) in [6.07, 6.45) is 5.70. The van der Waals surface area contributed by atoms with Gasteiger partial charge in [0.2, 0.25) is 15.8 Å². The number of rotatable bonds is 7. The summed E-state index contributed by atoms with van der Waals surface area (Å²) in [5.74, 6) is 0.292. The molecule has 0 amide bonds. The number of piperazine rings is 1. The van der Waals surface area contributed by atoms with Crippen molar-refractivity contribution in [3.63, 3.8) is 0 Å². The molecule has 1 aliphatic carbocycles. The summed E-state index contributed by atoms with van der Waals surface area (Å²) in [7, 11) is -3.31. The fourth-order valence-electron chi connectivity index (χ4n) is 4.38. The molecule has 0 unspecified atom stereocenters. The van der Waals surface area contributed by atoms with Crippen LogP contribution in [-0.2, 0) is 16.6 Å². The van der Waals surface area contributed by atoms with Crippen LogP contribution in [0.2, 0.25) is 0 Å². The molecule has 0 spiro atoms. The molecule has 2 aromatic rings. The van der Waals surface area contributed by atoms with Gasteiger partial charge >= 0.3 is 5.56 Å². The van der Waals surface area contributed by atoms with Crippen LogP contribution in [0.5, 0.6) is 5.75 Å². The molecule has 2 heterocycles. The van der Waals surface area contributed by atoms with E-state index < -0.39 is 15.3 Å². The molecule has 1 saturated heterocycles. The van der Waals surface area contributed by atoms with E-state index in [1.165, 1.54) is 8.99 Å². The maximum atomic E-state index is 13.5. The van der Waals surface area contributed by atoms with E-state index in [2.05, 4.69) is 5.10 Å². The SMILES string of the molecule is CC(C)S(=O)(=O)N1CCN(c2cnn(-c3ccc(CN)cc3)c(=O)c2OC2CCCC2)CC1. The molecule has 10 heteroatoms. The van der Waals surface area contributed by atoms with Crippen LogP contribution < -0.4 is 20.9 Å². The Morgan fingerprint density at radius 1 is 1.09 bits per heavy atom. The van der Waals surface area contributed by atoms with Gasteiger partial charge in [-0.3, -0.25) is 4.79 Å². The summed E-state index contributed by atoms with van der Waals surface area (Å²) in [5, 5.41) is 3.97. The van der Waals surface area contributed by atoms with Crippen LogP contribution in [0, 0.1) is 0 Å². The molecule has 0 radical (unpaired) electrons. The average molecular weight is 476 g/mol. The Labute approximate surface area is 195 Å². The second kappa shape index (κ2) is 9.82. The van der Waals surface area contributed by atoms with Crippen molar-refractivity contribution in [1.29, 1.82) is 0 Å². The Hall–Kier alpha value is -2.43. The lowest BCUT2D eigenvalue weighted by atomic mass is 10.2. The van der Waals surface area contributed by atoms with E-state index in [0.29, 0.717) is 49.8 Å². The Morgan fingerprint density at radius 3 is 2.30 bits per heavy atom. The summed E-state index contributed by atoms with van der Waals surface area (Å²) in [6, 6.07) is 7.41. The van der Waals surface area contributed by atoms with Crippen molar-refractivity contribution in [2.45, 2.75) is 57.4 Å². The standard InChI is InChI=1S/C23H33N5O4S/c1-17(2)33(30,31)27-13-11-26(12-14-27)21-16-25-28(19-9-7-18(15-24)8-10-19)23(29)22(21)32-20-5-3-4-6-20/h7-10,16-17,20H,3-6,11-15,24H2,1-2H3. The normalized spacial score (nSPS) is 18.2. The zero-order valence-electron chi connectivity index (χ0n) is 19.3. The molecule has 0 atom stereocenters. The largest absolute Gasteiger partial charge is 0.483 e.